The molecule has 68 valence electrons. The second kappa shape index (κ2) is 4.45. The lowest BCUT2D eigenvalue weighted by atomic mass is 10.3. The Bertz CT molecular complexity index is 373. The number of hydrogen-bond donors (Lipinski definition) is 0. The van der Waals surface area contributed by atoms with E-state index in [4.69, 9.17) is 5.26 Å². The van der Waals surface area contributed by atoms with Crippen molar-refractivity contribution in [2.45, 2.75) is 6.43 Å². The lowest BCUT2D eigenvalue weighted by molar-refractivity contribution is 0.145. The van der Waals surface area contributed by atoms with E-state index in [1.54, 1.807) is 45.2 Å². The Morgan fingerprint density at radius 1 is 1.46 bits per heavy atom. The molecule has 1 heterocycles. The first-order valence-electron chi connectivity index (χ1n) is 3.10. The van der Waals surface area contributed by atoms with E-state index >= 15 is 0 Å². The molecule has 0 aliphatic heterocycles. The van der Waals surface area contributed by atoms with E-state index in [2.05, 4.69) is 4.98 Å². The van der Waals surface area contributed by atoms with Crippen LogP contribution >= 0.6 is 45.2 Å². The minimum atomic E-state index is -2.59. The summed E-state index contributed by atoms with van der Waals surface area (Å²) in [5, 5.41) is 8.59. The van der Waals surface area contributed by atoms with Gasteiger partial charge < -0.3 is 0 Å². The van der Waals surface area contributed by atoms with Crippen LogP contribution in [0.1, 0.15) is 17.7 Å². The van der Waals surface area contributed by atoms with E-state index in [-0.39, 0.29) is 5.69 Å². The summed E-state index contributed by atoms with van der Waals surface area (Å²) in [6.07, 6.45) is -2.59. The molecule has 0 radical (unpaired) electrons. The number of hydrogen-bond acceptors (Lipinski definition) is 2. The molecule has 2 nitrogen and oxygen atoms in total. The molecule has 6 heteroatoms. The van der Waals surface area contributed by atoms with Crippen LogP contribution in [0.5, 0.6) is 0 Å². The zero-order chi connectivity index (χ0) is 10.0. The van der Waals surface area contributed by atoms with Crippen molar-refractivity contribution >= 4 is 45.2 Å². The normalized spacial score (nSPS) is 10.2. The smallest absolute Gasteiger partial charge is 0.238 e. The van der Waals surface area contributed by atoms with Crippen molar-refractivity contribution in [1.82, 2.24) is 4.98 Å². The van der Waals surface area contributed by atoms with Gasteiger partial charge in [0.15, 0.2) is 0 Å². The Labute approximate surface area is 101 Å². The van der Waals surface area contributed by atoms with Crippen molar-refractivity contribution in [2.75, 3.05) is 0 Å². The van der Waals surface area contributed by atoms with Crippen molar-refractivity contribution < 1.29 is 8.78 Å². The fourth-order valence-electron chi connectivity index (χ4n) is 0.711. The molecule has 13 heavy (non-hydrogen) atoms. The van der Waals surface area contributed by atoms with Crippen LogP contribution in [-0.2, 0) is 0 Å². The molecule has 1 aromatic rings. The van der Waals surface area contributed by atoms with E-state index in [9.17, 15) is 8.78 Å². The predicted octanol–water partition coefficient (Wildman–Crippen LogP) is 3.10. The summed E-state index contributed by atoms with van der Waals surface area (Å²) >= 11 is 3.51. The Balaban J connectivity index is 3.31. The maximum atomic E-state index is 12.3. The molecule has 0 unspecified atom stereocenters. The summed E-state index contributed by atoms with van der Waals surface area (Å²) in [5.74, 6) is 0. The van der Waals surface area contributed by atoms with Crippen molar-refractivity contribution in [2.24, 2.45) is 0 Å². The van der Waals surface area contributed by atoms with Gasteiger partial charge in [-0.15, -0.1) is 0 Å². The first-order chi connectivity index (χ1) is 6.06. The number of rotatable bonds is 1. The first kappa shape index (κ1) is 11.0. The average molecular weight is 406 g/mol. The monoisotopic (exact) mass is 406 g/mol. The van der Waals surface area contributed by atoms with Gasteiger partial charge >= 0.3 is 0 Å². The summed E-state index contributed by atoms with van der Waals surface area (Å²) in [6, 6.07) is 3.30. The topological polar surface area (TPSA) is 36.7 Å². The predicted molar refractivity (Wildman–Crippen MR) is 59.3 cm³/mol. The Morgan fingerprint density at radius 2 is 2.08 bits per heavy atom. The summed E-state index contributed by atoms with van der Waals surface area (Å²) < 4.78 is 25.2. The van der Waals surface area contributed by atoms with Gasteiger partial charge in [-0.1, -0.05) is 0 Å². The van der Waals surface area contributed by atoms with Gasteiger partial charge in [0.05, 0.1) is 5.56 Å². The SMILES string of the molecule is N#Cc1cc(I)c(C(F)F)nc1I. The molecule has 1 rings (SSSR count). The third kappa shape index (κ3) is 2.46. The third-order valence-corrected chi connectivity index (χ3v) is 2.97. The molecule has 0 aromatic carbocycles. The molecule has 0 bridgehead atoms. The number of nitriles is 1. The summed E-state index contributed by atoms with van der Waals surface area (Å²) in [4.78, 5) is 3.65. The number of alkyl halides is 2. The second-order valence-corrected chi connectivity index (χ2v) is 4.29. The summed E-state index contributed by atoms with van der Waals surface area (Å²) in [5.41, 5.74) is 0.0680. The average Bonchev–Trinajstić information content (AvgIpc) is 2.07. The van der Waals surface area contributed by atoms with Gasteiger partial charge in [-0.25, -0.2) is 13.8 Å². The van der Waals surface area contributed by atoms with E-state index in [0.29, 0.717) is 12.8 Å². The molecule has 0 aliphatic carbocycles. The van der Waals surface area contributed by atoms with E-state index in [1.807, 2.05) is 6.07 Å². The molecular formula is C7H2F2I2N2. The fourth-order valence-corrected chi connectivity index (χ4v) is 1.91. The highest BCUT2D eigenvalue weighted by atomic mass is 127. The Morgan fingerprint density at radius 3 is 2.54 bits per heavy atom. The van der Waals surface area contributed by atoms with Crippen LogP contribution < -0.4 is 0 Å². The highest BCUT2D eigenvalue weighted by Gasteiger charge is 2.15. The lowest BCUT2D eigenvalue weighted by Crippen LogP contribution is -1.99. The molecule has 0 aliphatic rings. The third-order valence-electron chi connectivity index (χ3n) is 1.28. The van der Waals surface area contributed by atoms with E-state index in [1.165, 1.54) is 6.07 Å². The van der Waals surface area contributed by atoms with Crippen LogP contribution in [0, 0.1) is 18.6 Å². The van der Waals surface area contributed by atoms with E-state index in [0.717, 1.165) is 0 Å². The summed E-state index contributed by atoms with van der Waals surface area (Å²) in [6.45, 7) is 0. The molecule has 0 fully saturated rings. The Hall–Kier alpha value is -0.0400. The standard InChI is InChI=1S/C7H2F2I2N2/c8-6(9)5-4(10)1-3(2-12)7(11)13-5/h1,6H. The molecule has 1 aromatic heterocycles. The zero-order valence-corrected chi connectivity index (χ0v) is 10.4. The van der Waals surface area contributed by atoms with Crippen LogP contribution in [0.25, 0.3) is 0 Å². The van der Waals surface area contributed by atoms with Crippen LogP contribution in [0.15, 0.2) is 6.07 Å². The van der Waals surface area contributed by atoms with Gasteiger partial charge in [-0.05, 0) is 51.2 Å². The minimum Gasteiger partial charge on any atom is -0.238 e. The Kier molecular flexibility index (Phi) is 3.78. The van der Waals surface area contributed by atoms with Gasteiger partial charge in [-0.3, -0.25) is 0 Å². The van der Waals surface area contributed by atoms with Gasteiger partial charge in [-0.2, -0.15) is 5.26 Å². The van der Waals surface area contributed by atoms with Crippen LogP contribution in [0.2, 0.25) is 0 Å². The van der Waals surface area contributed by atoms with Crippen molar-refractivity contribution in [3.63, 3.8) is 0 Å². The first-order valence-corrected chi connectivity index (χ1v) is 5.26. The molecule has 0 spiro atoms. The quantitative estimate of drug-likeness (QED) is 0.531. The fraction of sp³-hybridized carbons (Fsp3) is 0.143. The maximum absolute atomic E-state index is 12.3. The number of nitrogens with zero attached hydrogens (tertiary/aromatic N) is 2. The van der Waals surface area contributed by atoms with Crippen LogP contribution in [0.4, 0.5) is 8.78 Å². The highest BCUT2D eigenvalue weighted by Crippen LogP contribution is 2.24. The van der Waals surface area contributed by atoms with Gasteiger partial charge in [0.25, 0.3) is 6.43 Å². The summed E-state index contributed by atoms with van der Waals surface area (Å²) in [7, 11) is 0. The molecular weight excluding hydrogens is 404 g/mol. The van der Waals surface area contributed by atoms with Crippen LogP contribution in [0.3, 0.4) is 0 Å². The molecule has 0 atom stereocenters. The largest absolute Gasteiger partial charge is 0.281 e. The van der Waals surface area contributed by atoms with Crippen molar-refractivity contribution in [3.05, 3.63) is 24.6 Å². The molecule has 0 N–H and O–H groups in total. The van der Waals surface area contributed by atoms with Crippen LogP contribution in [-0.4, -0.2) is 4.98 Å². The minimum absolute atomic E-state index is 0.260. The number of pyridine rings is 1. The van der Waals surface area contributed by atoms with Gasteiger partial charge in [0, 0.05) is 3.57 Å². The molecule has 0 amide bonds. The molecule has 0 saturated carbocycles. The van der Waals surface area contributed by atoms with Crippen molar-refractivity contribution in [1.29, 1.82) is 5.26 Å². The highest BCUT2D eigenvalue weighted by molar-refractivity contribution is 14.1. The second-order valence-electron chi connectivity index (χ2n) is 2.11. The van der Waals surface area contributed by atoms with Crippen molar-refractivity contribution in [3.8, 4) is 6.07 Å². The molecule has 0 saturated heterocycles. The number of halogens is 4. The van der Waals surface area contributed by atoms with Gasteiger partial charge in [0.2, 0.25) is 0 Å². The number of aromatic nitrogens is 1. The maximum Gasteiger partial charge on any atom is 0.281 e. The lowest BCUT2D eigenvalue weighted by Gasteiger charge is -2.03. The zero-order valence-electron chi connectivity index (χ0n) is 6.06. The van der Waals surface area contributed by atoms with Gasteiger partial charge in [0.1, 0.15) is 15.5 Å². The van der Waals surface area contributed by atoms with E-state index < -0.39 is 6.43 Å².